The quantitative estimate of drug-likeness (QED) is 0.336. The molecule has 1 saturated carbocycles. The molecule has 0 unspecified atom stereocenters. The Morgan fingerprint density at radius 3 is 2.74 bits per heavy atom. The van der Waals surface area contributed by atoms with Crippen LogP contribution >= 0.6 is 24.0 Å². The van der Waals surface area contributed by atoms with Crippen molar-refractivity contribution in [3.8, 4) is 5.88 Å². The normalized spacial score (nSPS) is 18.7. The van der Waals surface area contributed by atoms with E-state index in [4.69, 9.17) is 4.74 Å². The van der Waals surface area contributed by atoms with Gasteiger partial charge in [0, 0.05) is 45.0 Å². The van der Waals surface area contributed by atoms with E-state index in [9.17, 15) is 0 Å². The molecular formula is C20H34IN5O. The molecule has 0 spiro atoms. The number of nitrogens with one attached hydrogen (secondary N) is 2. The number of piperidine rings is 1. The summed E-state index contributed by atoms with van der Waals surface area (Å²) in [4.78, 5) is 11.2. The summed E-state index contributed by atoms with van der Waals surface area (Å²) >= 11 is 0. The van der Waals surface area contributed by atoms with Gasteiger partial charge in [0.25, 0.3) is 0 Å². The Hall–Kier alpha value is -1.09. The largest absolute Gasteiger partial charge is 0.477 e. The fourth-order valence-corrected chi connectivity index (χ4v) is 3.32. The van der Waals surface area contributed by atoms with Gasteiger partial charge in [0.15, 0.2) is 5.96 Å². The lowest BCUT2D eigenvalue weighted by Crippen LogP contribution is -2.48. The SMILES string of the molecule is CCCN1CCC(NC(=NC)NCc2ccnc(OCC3CC3)c2)CC1.I. The second kappa shape index (κ2) is 11.7. The van der Waals surface area contributed by atoms with Crippen molar-refractivity contribution in [2.75, 3.05) is 33.3 Å². The van der Waals surface area contributed by atoms with Crippen molar-refractivity contribution in [3.05, 3.63) is 23.9 Å². The van der Waals surface area contributed by atoms with Crippen LogP contribution in [-0.2, 0) is 6.54 Å². The molecular weight excluding hydrogens is 453 g/mol. The maximum Gasteiger partial charge on any atom is 0.213 e. The highest BCUT2D eigenvalue weighted by atomic mass is 127. The third-order valence-electron chi connectivity index (χ3n) is 5.11. The van der Waals surface area contributed by atoms with E-state index >= 15 is 0 Å². The lowest BCUT2D eigenvalue weighted by atomic mass is 10.1. The second-order valence-corrected chi connectivity index (χ2v) is 7.44. The first-order valence-electron chi connectivity index (χ1n) is 10.0. The van der Waals surface area contributed by atoms with Crippen molar-refractivity contribution in [1.82, 2.24) is 20.5 Å². The van der Waals surface area contributed by atoms with Crippen LogP contribution in [0.4, 0.5) is 0 Å². The number of guanidine groups is 1. The van der Waals surface area contributed by atoms with E-state index in [1.807, 2.05) is 25.4 Å². The molecule has 0 bridgehead atoms. The number of hydrogen-bond acceptors (Lipinski definition) is 4. The van der Waals surface area contributed by atoms with Crippen molar-refractivity contribution in [3.63, 3.8) is 0 Å². The first-order chi connectivity index (χ1) is 12.8. The van der Waals surface area contributed by atoms with Crippen molar-refractivity contribution < 1.29 is 4.74 Å². The first kappa shape index (κ1) is 22.2. The van der Waals surface area contributed by atoms with Gasteiger partial charge >= 0.3 is 0 Å². The minimum Gasteiger partial charge on any atom is -0.477 e. The van der Waals surface area contributed by atoms with Crippen LogP contribution in [-0.4, -0.2) is 55.2 Å². The molecule has 1 saturated heterocycles. The van der Waals surface area contributed by atoms with Crippen LogP contribution < -0.4 is 15.4 Å². The Morgan fingerprint density at radius 2 is 2.07 bits per heavy atom. The Labute approximate surface area is 180 Å². The number of hydrogen-bond donors (Lipinski definition) is 2. The highest BCUT2D eigenvalue weighted by molar-refractivity contribution is 14.0. The summed E-state index contributed by atoms with van der Waals surface area (Å²) in [6.07, 6.45) is 7.99. The number of nitrogens with zero attached hydrogens (tertiary/aromatic N) is 3. The van der Waals surface area contributed by atoms with Crippen LogP contribution in [0.15, 0.2) is 23.3 Å². The molecule has 1 aromatic heterocycles. The Balaban J connectivity index is 0.00000261. The number of aromatic nitrogens is 1. The van der Waals surface area contributed by atoms with Gasteiger partial charge in [-0.1, -0.05) is 6.92 Å². The maximum absolute atomic E-state index is 5.77. The summed E-state index contributed by atoms with van der Waals surface area (Å²) in [5, 5.41) is 6.98. The molecule has 0 atom stereocenters. The van der Waals surface area contributed by atoms with E-state index in [1.54, 1.807) is 0 Å². The standard InChI is InChI=1S/C20H33N5O.HI/c1-3-10-25-11-7-18(8-12-25)24-20(21-2)23-14-17-6-9-22-19(13-17)26-15-16-4-5-16;/h6,9,13,16,18H,3-5,7-8,10-12,14-15H2,1-2H3,(H2,21,23,24);1H. The average Bonchev–Trinajstić information content (AvgIpc) is 3.50. The molecule has 0 radical (unpaired) electrons. The Bertz CT molecular complexity index is 585. The molecule has 2 fully saturated rings. The predicted octanol–water partition coefficient (Wildman–Crippen LogP) is 3.03. The molecule has 2 aliphatic rings. The zero-order valence-corrected chi connectivity index (χ0v) is 18.9. The van der Waals surface area contributed by atoms with Crippen molar-refractivity contribution >= 4 is 29.9 Å². The third kappa shape index (κ3) is 7.81. The number of ether oxygens (including phenoxy) is 1. The third-order valence-corrected chi connectivity index (χ3v) is 5.11. The molecule has 7 heteroatoms. The topological polar surface area (TPSA) is 61.8 Å². The Kier molecular flexibility index (Phi) is 9.61. The van der Waals surface area contributed by atoms with Gasteiger partial charge < -0.3 is 20.3 Å². The van der Waals surface area contributed by atoms with Crippen molar-refractivity contribution in [2.24, 2.45) is 10.9 Å². The summed E-state index contributed by atoms with van der Waals surface area (Å²) in [5.41, 5.74) is 1.16. The zero-order valence-electron chi connectivity index (χ0n) is 16.6. The average molecular weight is 487 g/mol. The maximum atomic E-state index is 5.77. The predicted molar refractivity (Wildman–Crippen MR) is 121 cm³/mol. The molecule has 3 rings (SSSR count). The molecule has 1 aliphatic heterocycles. The molecule has 2 N–H and O–H groups in total. The van der Waals surface area contributed by atoms with E-state index in [0.29, 0.717) is 6.04 Å². The van der Waals surface area contributed by atoms with Crippen LogP contribution in [0.25, 0.3) is 0 Å². The van der Waals surface area contributed by atoms with Crippen LogP contribution in [0.3, 0.4) is 0 Å². The molecule has 2 heterocycles. The smallest absolute Gasteiger partial charge is 0.213 e. The van der Waals surface area contributed by atoms with Gasteiger partial charge in [0.2, 0.25) is 5.88 Å². The van der Waals surface area contributed by atoms with Crippen LogP contribution in [0.2, 0.25) is 0 Å². The van der Waals surface area contributed by atoms with Crippen molar-refractivity contribution in [2.45, 2.75) is 51.6 Å². The van der Waals surface area contributed by atoms with E-state index < -0.39 is 0 Å². The van der Waals surface area contributed by atoms with Gasteiger partial charge in [0.1, 0.15) is 0 Å². The van der Waals surface area contributed by atoms with Gasteiger partial charge in [-0.05, 0) is 56.2 Å². The van der Waals surface area contributed by atoms with Gasteiger partial charge in [0.05, 0.1) is 6.61 Å². The van der Waals surface area contributed by atoms with Gasteiger partial charge in [-0.2, -0.15) is 0 Å². The van der Waals surface area contributed by atoms with Crippen LogP contribution in [0.1, 0.15) is 44.6 Å². The molecule has 6 nitrogen and oxygen atoms in total. The summed E-state index contributed by atoms with van der Waals surface area (Å²) in [7, 11) is 1.83. The highest BCUT2D eigenvalue weighted by Gasteiger charge is 2.22. The summed E-state index contributed by atoms with van der Waals surface area (Å²) in [5.74, 6) is 2.34. The molecule has 1 aliphatic carbocycles. The number of halogens is 1. The number of rotatable bonds is 8. The van der Waals surface area contributed by atoms with Gasteiger partial charge in [-0.25, -0.2) is 4.98 Å². The monoisotopic (exact) mass is 487 g/mol. The fourth-order valence-electron chi connectivity index (χ4n) is 3.32. The summed E-state index contributed by atoms with van der Waals surface area (Å²) in [6, 6.07) is 4.54. The van der Waals surface area contributed by atoms with Gasteiger partial charge in [-0.3, -0.25) is 4.99 Å². The summed E-state index contributed by atoms with van der Waals surface area (Å²) in [6.45, 7) is 7.33. The minimum absolute atomic E-state index is 0. The molecule has 0 aromatic carbocycles. The minimum atomic E-state index is 0. The lowest BCUT2D eigenvalue weighted by Gasteiger charge is -2.32. The second-order valence-electron chi connectivity index (χ2n) is 7.44. The van der Waals surface area contributed by atoms with E-state index in [1.165, 1.54) is 51.7 Å². The molecule has 152 valence electrons. The number of likely N-dealkylation sites (tertiary alicyclic amines) is 1. The van der Waals surface area contributed by atoms with E-state index in [-0.39, 0.29) is 24.0 Å². The zero-order chi connectivity index (χ0) is 18.2. The van der Waals surface area contributed by atoms with E-state index in [2.05, 4.69) is 32.4 Å². The highest BCUT2D eigenvalue weighted by Crippen LogP contribution is 2.29. The molecule has 27 heavy (non-hydrogen) atoms. The van der Waals surface area contributed by atoms with E-state index in [0.717, 1.165) is 36.5 Å². The number of aliphatic imine (C=N–C) groups is 1. The van der Waals surface area contributed by atoms with Crippen molar-refractivity contribution in [1.29, 1.82) is 0 Å². The first-order valence-corrected chi connectivity index (χ1v) is 10.0. The van der Waals surface area contributed by atoms with Crippen LogP contribution in [0, 0.1) is 5.92 Å². The Morgan fingerprint density at radius 1 is 1.30 bits per heavy atom. The molecule has 0 amide bonds. The number of pyridine rings is 1. The fraction of sp³-hybridized carbons (Fsp3) is 0.700. The van der Waals surface area contributed by atoms with Gasteiger partial charge in [-0.15, -0.1) is 24.0 Å². The summed E-state index contributed by atoms with van der Waals surface area (Å²) < 4.78 is 5.77. The lowest BCUT2D eigenvalue weighted by molar-refractivity contribution is 0.206. The molecule has 1 aromatic rings. The van der Waals surface area contributed by atoms with Crippen LogP contribution in [0.5, 0.6) is 5.88 Å².